The monoisotopic (exact) mass is 403 g/mol. The molecule has 0 aromatic heterocycles. The number of fused-ring (bicyclic) bond motifs is 1. The summed E-state index contributed by atoms with van der Waals surface area (Å²) >= 11 is 0. The third kappa shape index (κ3) is 3.06. The summed E-state index contributed by atoms with van der Waals surface area (Å²) in [4.78, 5) is 39.4. The van der Waals surface area contributed by atoms with Crippen molar-refractivity contribution >= 4 is 17.8 Å². The van der Waals surface area contributed by atoms with Gasteiger partial charge in [0.1, 0.15) is 6.10 Å². The lowest BCUT2D eigenvalue weighted by Crippen LogP contribution is -2.52. The SMILES string of the molecule is CC(OC(=O)C(F)(c1ccccc1)N1C(=O)c2ccccc2C1=O)c1ccccc1. The Balaban J connectivity index is 1.76. The van der Waals surface area contributed by atoms with Crippen LogP contribution in [0.25, 0.3) is 0 Å². The molecule has 0 saturated carbocycles. The van der Waals surface area contributed by atoms with Gasteiger partial charge in [-0.25, -0.2) is 14.1 Å². The highest BCUT2D eigenvalue weighted by molar-refractivity contribution is 6.23. The van der Waals surface area contributed by atoms with E-state index >= 15 is 4.39 Å². The van der Waals surface area contributed by atoms with E-state index in [-0.39, 0.29) is 16.7 Å². The molecule has 3 aromatic carbocycles. The second-order valence-electron chi connectivity index (χ2n) is 6.94. The number of hydrogen-bond acceptors (Lipinski definition) is 4. The average Bonchev–Trinajstić information content (AvgIpc) is 3.05. The van der Waals surface area contributed by atoms with E-state index < -0.39 is 29.7 Å². The van der Waals surface area contributed by atoms with Crippen LogP contribution in [0.15, 0.2) is 84.9 Å². The van der Waals surface area contributed by atoms with E-state index in [0.717, 1.165) is 0 Å². The molecule has 0 bridgehead atoms. The third-order valence-corrected chi connectivity index (χ3v) is 5.08. The van der Waals surface area contributed by atoms with E-state index in [4.69, 9.17) is 4.74 Å². The molecule has 6 heteroatoms. The minimum atomic E-state index is -3.11. The molecule has 2 atom stereocenters. The molecule has 0 N–H and O–H groups in total. The van der Waals surface area contributed by atoms with E-state index in [9.17, 15) is 14.4 Å². The Kier molecular flexibility index (Phi) is 4.91. The van der Waals surface area contributed by atoms with Crippen LogP contribution in [0.5, 0.6) is 0 Å². The molecule has 0 aliphatic carbocycles. The zero-order valence-corrected chi connectivity index (χ0v) is 16.1. The molecule has 4 rings (SSSR count). The summed E-state index contributed by atoms with van der Waals surface area (Å²) in [5, 5.41) is 0. The van der Waals surface area contributed by atoms with Gasteiger partial charge in [0.2, 0.25) is 0 Å². The Hall–Kier alpha value is -3.80. The minimum Gasteiger partial charge on any atom is -0.454 e. The molecule has 30 heavy (non-hydrogen) atoms. The molecule has 5 nitrogen and oxygen atoms in total. The van der Waals surface area contributed by atoms with Gasteiger partial charge in [-0.1, -0.05) is 72.8 Å². The number of ether oxygens (including phenoxy) is 1. The van der Waals surface area contributed by atoms with Crippen LogP contribution >= 0.6 is 0 Å². The zero-order valence-electron chi connectivity index (χ0n) is 16.1. The molecule has 1 aliphatic heterocycles. The molecule has 0 fully saturated rings. The molecule has 2 amide bonds. The van der Waals surface area contributed by atoms with Crippen molar-refractivity contribution in [3.63, 3.8) is 0 Å². The van der Waals surface area contributed by atoms with Crippen LogP contribution in [0, 0.1) is 0 Å². The minimum absolute atomic E-state index is 0.0457. The maximum Gasteiger partial charge on any atom is 0.371 e. The van der Waals surface area contributed by atoms with Gasteiger partial charge >= 0.3 is 11.8 Å². The first-order valence-corrected chi connectivity index (χ1v) is 9.43. The lowest BCUT2D eigenvalue weighted by molar-refractivity contribution is -0.173. The predicted molar refractivity (Wildman–Crippen MR) is 107 cm³/mol. The lowest BCUT2D eigenvalue weighted by atomic mass is 10.0. The van der Waals surface area contributed by atoms with Gasteiger partial charge in [-0.05, 0) is 24.6 Å². The number of halogens is 1. The van der Waals surface area contributed by atoms with Crippen LogP contribution in [0.4, 0.5) is 4.39 Å². The number of imide groups is 1. The molecule has 1 aliphatic rings. The number of nitrogens with zero attached hydrogens (tertiary/aromatic N) is 1. The van der Waals surface area contributed by atoms with Crippen molar-refractivity contribution in [2.75, 3.05) is 0 Å². The van der Waals surface area contributed by atoms with Gasteiger partial charge in [-0.2, -0.15) is 0 Å². The Morgan fingerprint density at radius 1 is 0.833 bits per heavy atom. The fraction of sp³-hybridized carbons (Fsp3) is 0.125. The Morgan fingerprint density at radius 3 is 1.83 bits per heavy atom. The highest BCUT2D eigenvalue weighted by atomic mass is 19.1. The second kappa shape index (κ2) is 7.55. The second-order valence-corrected chi connectivity index (χ2v) is 6.94. The van der Waals surface area contributed by atoms with Gasteiger partial charge in [0, 0.05) is 5.56 Å². The standard InChI is InChI=1S/C24H18FNO4/c1-16(17-10-4-2-5-11-17)30-23(29)24(25,18-12-6-3-7-13-18)26-21(27)19-14-8-9-15-20(19)22(26)28/h2-16H,1H3. The predicted octanol–water partition coefficient (Wildman–Crippen LogP) is 4.41. The first-order chi connectivity index (χ1) is 14.4. The highest BCUT2D eigenvalue weighted by Crippen LogP contribution is 2.39. The van der Waals surface area contributed by atoms with Crippen molar-refractivity contribution in [3.05, 3.63) is 107 Å². The first-order valence-electron chi connectivity index (χ1n) is 9.43. The number of alkyl halides is 1. The van der Waals surface area contributed by atoms with E-state index in [1.807, 2.05) is 0 Å². The zero-order chi connectivity index (χ0) is 21.3. The van der Waals surface area contributed by atoms with Crippen molar-refractivity contribution in [2.24, 2.45) is 0 Å². The van der Waals surface area contributed by atoms with Crippen LogP contribution < -0.4 is 0 Å². The van der Waals surface area contributed by atoms with E-state index in [0.29, 0.717) is 10.5 Å². The maximum atomic E-state index is 16.6. The first kappa shape index (κ1) is 19.5. The highest BCUT2D eigenvalue weighted by Gasteiger charge is 2.57. The van der Waals surface area contributed by atoms with Crippen LogP contribution in [0.3, 0.4) is 0 Å². The summed E-state index contributed by atoms with van der Waals surface area (Å²) in [5.41, 5.74) is 0.585. The van der Waals surface area contributed by atoms with Gasteiger partial charge in [-0.15, -0.1) is 0 Å². The molecule has 0 saturated heterocycles. The van der Waals surface area contributed by atoms with Crippen molar-refractivity contribution in [3.8, 4) is 0 Å². The Labute approximate surface area is 172 Å². The number of carbonyl (C=O) groups excluding carboxylic acids is 3. The van der Waals surface area contributed by atoms with Crippen molar-refractivity contribution in [1.29, 1.82) is 0 Å². The molecule has 0 radical (unpaired) electrons. The number of carbonyl (C=O) groups is 3. The van der Waals surface area contributed by atoms with Gasteiger partial charge in [0.05, 0.1) is 11.1 Å². The van der Waals surface area contributed by atoms with Crippen molar-refractivity contribution in [2.45, 2.75) is 18.8 Å². The third-order valence-electron chi connectivity index (χ3n) is 5.08. The fourth-order valence-electron chi connectivity index (χ4n) is 3.50. The average molecular weight is 403 g/mol. The molecule has 1 heterocycles. The van der Waals surface area contributed by atoms with Crippen molar-refractivity contribution in [1.82, 2.24) is 4.90 Å². The molecular weight excluding hydrogens is 385 g/mol. The number of amides is 2. The van der Waals surface area contributed by atoms with E-state index in [1.165, 1.54) is 36.4 Å². The van der Waals surface area contributed by atoms with Crippen LogP contribution in [0.2, 0.25) is 0 Å². The van der Waals surface area contributed by atoms with Gasteiger partial charge in [-0.3, -0.25) is 9.59 Å². The molecule has 150 valence electrons. The number of hydrogen-bond donors (Lipinski definition) is 0. The quantitative estimate of drug-likeness (QED) is 0.360. The van der Waals surface area contributed by atoms with E-state index in [2.05, 4.69) is 0 Å². The van der Waals surface area contributed by atoms with Crippen molar-refractivity contribution < 1.29 is 23.5 Å². The summed E-state index contributed by atoms with van der Waals surface area (Å²) in [6, 6.07) is 22.2. The summed E-state index contributed by atoms with van der Waals surface area (Å²) in [6.45, 7) is 1.60. The van der Waals surface area contributed by atoms with Gasteiger partial charge in [0.15, 0.2) is 0 Å². The lowest BCUT2D eigenvalue weighted by Gasteiger charge is -2.32. The number of esters is 1. The Bertz CT molecular complexity index is 1080. The topological polar surface area (TPSA) is 63.7 Å². The molecular formula is C24H18FNO4. The Morgan fingerprint density at radius 2 is 1.30 bits per heavy atom. The van der Waals surface area contributed by atoms with Crippen LogP contribution in [-0.2, 0) is 15.3 Å². The summed E-state index contributed by atoms with van der Waals surface area (Å²) < 4.78 is 22.0. The van der Waals surface area contributed by atoms with Gasteiger partial charge < -0.3 is 4.74 Å². The van der Waals surface area contributed by atoms with Gasteiger partial charge in [0.25, 0.3) is 11.8 Å². The van der Waals surface area contributed by atoms with Crippen LogP contribution in [0.1, 0.15) is 44.9 Å². The van der Waals surface area contributed by atoms with Crippen LogP contribution in [-0.4, -0.2) is 22.7 Å². The number of rotatable bonds is 5. The molecule has 0 spiro atoms. The summed E-state index contributed by atoms with van der Waals surface area (Å²) in [6.07, 6.45) is -0.785. The molecule has 3 aromatic rings. The van der Waals surface area contributed by atoms with E-state index in [1.54, 1.807) is 55.5 Å². The molecule has 2 unspecified atom stereocenters. The number of benzene rings is 3. The largest absolute Gasteiger partial charge is 0.454 e. The maximum absolute atomic E-state index is 16.6. The summed E-state index contributed by atoms with van der Waals surface area (Å²) in [5.74, 6) is -6.21. The summed E-state index contributed by atoms with van der Waals surface area (Å²) in [7, 11) is 0. The fourth-order valence-corrected chi connectivity index (χ4v) is 3.50. The normalized spacial score (nSPS) is 16.0. The smallest absolute Gasteiger partial charge is 0.371 e.